The van der Waals surface area contributed by atoms with Gasteiger partial charge in [-0.1, -0.05) is 19.4 Å². The Labute approximate surface area is 108 Å². The van der Waals surface area contributed by atoms with Gasteiger partial charge in [-0.2, -0.15) is 0 Å². The number of hydrogen-bond acceptors (Lipinski definition) is 2. The summed E-state index contributed by atoms with van der Waals surface area (Å²) in [6.45, 7) is 2.77. The summed E-state index contributed by atoms with van der Waals surface area (Å²) in [6, 6.07) is 5.17. The van der Waals surface area contributed by atoms with Crippen LogP contribution in [0.4, 0.5) is 4.39 Å². The SMILES string of the molecule is CC1CCCC(Oc2ccc(CCN)cc2F)C1. The lowest BCUT2D eigenvalue weighted by Gasteiger charge is -2.27. The lowest BCUT2D eigenvalue weighted by molar-refractivity contribution is 0.124. The molecule has 0 aliphatic heterocycles. The second kappa shape index (κ2) is 6.19. The Bertz CT molecular complexity index is 394. The minimum absolute atomic E-state index is 0.170. The number of rotatable bonds is 4. The van der Waals surface area contributed by atoms with Crippen LogP contribution < -0.4 is 10.5 Å². The van der Waals surface area contributed by atoms with Crippen LogP contribution in [0.5, 0.6) is 5.75 Å². The molecular weight excluding hydrogens is 229 g/mol. The molecule has 2 nitrogen and oxygen atoms in total. The molecule has 0 saturated heterocycles. The predicted molar refractivity (Wildman–Crippen MR) is 71.2 cm³/mol. The average molecular weight is 251 g/mol. The second-order valence-corrected chi connectivity index (χ2v) is 5.32. The van der Waals surface area contributed by atoms with Gasteiger partial charge >= 0.3 is 0 Å². The summed E-state index contributed by atoms with van der Waals surface area (Å²) in [7, 11) is 0. The van der Waals surface area contributed by atoms with Crippen LogP contribution in [-0.4, -0.2) is 12.6 Å². The van der Waals surface area contributed by atoms with E-state index in [-0.39, 0.29) is 11.9 Å². The molecule has 0 radical (unpaired) electrons. The fourth-order valence-electron chi connectivity index (χ4n) is 2.63. The van der Waals surface area contributed by atoms with Crippen molar-refractivity contribution < 1.29 is 9.13 Å². The van der Waals surface area contributed by atoms with Gasteiger partial charge in [-0.15, -0.1) is 0 Å². The van der Waals surface area contributed by atoms with Crippen LogP contribution in [0, 0.1) is 11.7 Å². The van der Waals surface area contributed by atoms with Gasteiger partial charge in [0.05, 0.1) is 6.10 Å². The molecule has 0 amide bonds. The first kappa shape index (κ1) is 13.3. The summed E-state index contributed by atoms with van der Waals surface area (Å²) in [5.74, 6) is 0.803. The normalized spacial score (nSPS) is 23.9. The van der Waals surface area contributed by atoms with Gasteiger partial charge in [0.15, 0.2) is 11.6 Å². The number of nitrogens with two attached hydrogens (primary N) is 1. The van der Waals surface area contributed by atoms with Crippen LogP contribution >= 0.6 is 0 Å². The molecule has 2 unspecified atom stereocenters. The highest BCUT2D eigenvalue weighted by Gasteiger charge is 2.21. The van der Waals surface area contributed by atoms with Crippen molar-refractivity contribution in [1.82, 2.24) is 0 Å². The van der Waals surface area contributed by atoms with Crippen molar-refractivity contribution in [2.24, 2.45) is 11.7 Å². The van der Waals surface area contributed by atoms with E-state index >= 15 is 0 Å². The molecule has 2 N–H and O–H groups in total. The molecule has 0 heterocycles. The molecule has 1 aliphatic carbocycles. The first-order valence-electron chi connectivity index (χ1n) is 6.84. The zero-order valence-electron chi connectivity index (χ0n) is 11.0. The zero-order chi connectivity index (χ0) is 13.0. The van der Waals surface area contributed by atoms with Gasteiger partial charge in [-0.3, -0.25) is 0 Å². The van der Waals surface area contributed by atoms with E-state index in [2.05, 4.69) is 6.92 Å². The van der Waals surface area contributed by atoms with Crippen molar-refractivity contribution in [1.29, 1.82) is 0 Å². The summed E-state index contributed by atoms with van der Waals surface area (Å²) in [6.07, 6.45) is 5.38. The minimum Gasteiger partial charge on any atom is -0.487 e. The summed E-state index contributed by atoms with van der Waals surface area (Å²) >= 11 is 0. The predicted octanol–water partition coefficient (Wildman–Crippen LogP) is 3.28. The maximum atomic E-state index is 13.9. The summed E-state index contributed by atoms with van der Waals surface area (Å²) in [5, 5.41) is 0. The lowest BCUT2D eigenvalue weighted by Crippen LogP contribution is -2.24. The molecule has 2 atom stereocenters. The Morgan fingerprint density at radius 2 is 2.22 bits per heavy atom. The Morgan fingerprint density at radius 1 is 1.39 bits per heavy atom. The largest absolute Gasteiger partial charge is 0.487 e. The van der Waals surface area contributed by atoms with Crippen LogP contribution in [0.2, 0.25) is 0 Å². The molecule has 2 rings (SSSR count). The first-order chi connectivity index (χ1) is 8.69. The molecular formula is C15H22FNO. The third kappa shape index (κ3) is 3.45. The number of hydrogen-bond donors (Lipinski definition) is 1. The van der Waals surface area contributed by atoms with Crippen molar-refractivity contribution in [3.05, 3.63) is 29.6 Å². The minimum atomic E-state index is -0.265. The molecule has 100 valence electrons. The average Bonchev–Trinajstić information content (AvgIpc) is 2.33. The van der Waals surface area contributed by atoms with E-state index < -0.39 is 0 Å². The van der Waals surface area contributed by atoms with E-state index in [1.54, 1.807) is 6.07 Å². The molecule has 18 heavy (non-hydrogen) atoms. The molecule has 1 saturated carbocycles. The van der Waals surface area contributed by atoms with Crippen molar-refractivity contribution in [3.8, 4) is 5.75 Å². The Balaban J connectivity index is 2.00. The molecule has 0 bridgehead atoms. The van der Waals surface area contributed by atoms with E-state index in [0.717, 1.165) is 18.4 Å². The topological polar surface area (TPSA) is 35.2 Å². The van der Waals surface area contributed by atoms with Gasteiger partial charge in [0.1, 0.15) is 0 Å². The maximum absolute atomic E-state index is 13.9. The van der Waals surface area contributed by atoms with E-state index in [1.165, 1.54) is 18.9 Å². The molecule has 1 aromatic rings. The highest BCUT2D eigenvalue weighted by Crippen LogP contribution is 2.28. The highest BCUT2D eigenvalue weighted by atomic mass is 19.1. The maximum Gasteiger partial charge on any atom is 0.165 e. The fourth-order valence-corrected chi connectivity index (χ4v) is 2.63. The van der Waals surface area contributed by atoms with Gasteiger partial charge in [0, 0.05) is 0 Å². The van der Waals surface area contributed by atoms with Gasteiger partial charge in [0.2, 0.25) is 0 Å². The van der Waals surface area contributed by atoms with E-state index in [1.807, 2.05) is 6.07 Å². The van der Waals surface area contributed by atoms with Gasteiger partial charge in [-0.05, 0) is 55.8 Å². The van der Waals surface area contributed by atoms with Crippen molar-refractivity contribution in [3.63, 3.8) is 0 Å². The van der Waals surface area contributed by atoms with Gasteiger partial charge < -0.3 is 10.5 Å². The standard InChI is InChI=1S/C15H22FNO/c1-11-3-2-4-13(9-11)18-15-6-5-12(7-8-17)10-14(15)16/h5-6,10-11,13H,2-4,7-9,17H2,1H3. The van der Waals surface area contributed by atoms with Crippen LogP contribution in [0.25, 0.3) is 0 Å². The molecule has 1 fully saturated rings. The van der Waals surface area contributed by atoms with Gasteiger partial charge in [0.25, 0.3) is 0 Å². The number of halogens is 1. The Hall–Kier alpha value is -1.09. The van der Waals surface area contributed by atoms with Crippen LogP contribution in [0.3, 0.4) is 0 Å². The molecule has 1 aromatic carbocycles. The summed E-state index contributed by atoms with van der Waals surface area (Å²) in [4.78, 5) is 0. The third-order valence-electron chi connectivity index (χ3n) is 3.61. The lowest BCUT2D eigenvalue weighted by atomic mass is 9.89. The summed E-state index contributed by atoms with van der Waals surface area (Å²) in [5.41, 5.74) is 6.39. The van der Waals surface area contributed by atoms with E-state index in [0.29, 0.717) is 24.6 Å². The highest BCUT2D eigenvalue weighted by molar-refractivity contribution is 5.29. The first-order valence-corrected chi connectivity index (χ1v) is 6.84. The third-order valence-corrected chi connectivity index (χ3v) is 3.61. The molecule has 0 aromatic heterocycles. The van der Waals surface area contributed by atoms with Crippen LogP contribution in [-0.2, 0) is 6.42 Å². The van der Waals surface area contributed by atoms with Crippen molar-refractivity contribution >= 4 is 0 Å². The second-order valence-electron chi connectivity index (χ2n) is 5.32. The van der Waals surface area contributed by atoms with Crippen LogP contribution in [0.1, 0.15) is 38.2 Å². The van der Waals surface area contributed by atoms with Crippen molar-refractivity contribution in [2.75, 3.05) is 6.54 Å². The molecule has 3 heteroatoms. The zero-order valence-corrected chi connectivity index (χ0v) is 11.0. The fraction of sp³-hybridized carbons (Fsp3) is 0.600. The number of benzene rings is 1. The van der Waals surface area contributed by atoms with Crippen LogP contribution in [0.15, 0.2) is 18.2 Å². The quantitative estimate of drug-likeness (QED) is 0.891. The molecule has 1 aliphatic rings. The summed E-state index contributed by atoms with van der Waals surface area (Å²) < 4.78 is 19.6. The van der Waals surface area contributed by atoms with E-state index in [4.69, 9.17) is 10.5 Å². The monoisotopic (exact) mass is 251 g/mol. The Kier molecular flexibility index (Phi) is 4.59. The smallest absolute Gasteiger partial charge is 0.165 e. The molecule has 0 spiro atoms. The van der Waals surface area contributed by atoms with E-state index in [9.17, 15) is 4.39 Å². The van der Waals surface area contributed by atoms with Crippen molar-refractivity contribution in [2.45, 2.75) is 45.1 Å². The Morgan fingerprint density at radius 3 is 2.89 bits per heavy atom. The van der Waals surface area contributed by atoms with Gasteiger partial charge in [-0.25, -0.2) is 4.39 Å². The number of ether oxygens (including phenoxy) is 1.